The number of hydrogen-bond donors (Lipinski definition) is 2. The molecule has 0 atom stereocenters. The maximum absolute atomic E-state index is 13.0. The van der Waals surface area contributed by atoms with Gasteiger partial charge in [-0.3, -0.25) is 4.79 Å². The average Bonchev–Trinajstić information content (AvgIpc) is 2.43. The maximum Gasteiger partial charge on any atom is 0.259 e. The number of ether oxygens (including phenoxy) is 1. The van der Waals surface area contributed by atoms with Gasteiger partial charge in [-0.15, -0.1) is 0 Å². The number of nitrogens with one attached hydrogen (secondary N) is 1. The number of carbonyl (C=O) groups excluding carboxylic acids is 1. The summed E-state index contributed by atoms with van der Waals surface area (Å²) in [6.45, 7) is 0. The highest BCUT2D eigenvalue weighted by atomic mass is 19.2. The van der Waals surface area contributed by atoms with Crippen LogP contribution in [0.5, 0.6) is 11.5 Å². The Labute approximate surface area is 113 Å². The number of phenols is 1. The maximum atomic E-state index is 13.0. The summed E-state index contributed by atoms with van der Waals surface area (Å²) in [4.78, 5) is 12.0. The highest BCUT2D eigenvalue weighted by Gasteiger charge is 2.15. The second-order valence-electron chi connectivity index (χ2n) is 3.94. The van der Waals surface area contributed by atoms with E-state index < -0.39 is 17.5 Å². The summed E-state index contributed by atoms with van der Waals surface area (Å²) in [5.41, 5.74) is 0.0465. The van der Waals surface area contributed by atoms with E-state index in [1.807, 2.05) is 0 Å². The average molecular weight is 279 g/mol. The third-order valence-corrected chi connectivity index (χ3v) is 2.64. The Morgan fingerprint density at radius 2 is 1.95 bits per heavy atom. The van der Waals surface area contributed by atoms with Crippen molar-refractivity contribution in [3.05, 3.63) is 53.6 Å². The molecule has 2 N–H and O–H groups in total. The lowest BCUT2D eigenvalue weighted by Gasteiger charge is -2.09. The monoisotopic (exact) mass is 279 g/mol. The molecule has 0 aromatic heterocycles. The van der Waals surface area contributed by atoms with Gasteiger partial charge in [0.05, 0.1) is 12.7 Å². The number of anilines is 1. The molecule has 104 valence electrons. The predicted molar refractivity (Wildman–Crippen MR) is 69.0 cm³/mol. The van der Waals surface area contributed by atoms with Crippen LogP contribution in [0.3, 0.4) is 0 Å². The summed E-state index contributed by atoms with van der Waals surface area (Å²) in [6.07, 6.45) is 0. The van der Waals surface area contributed by atoms with Crippen molar-refractivity contribution in [3.8, 4) is 11.5 Å². The van der Waals surface area contributed by atoms with Crippen molar-refractivity contribution in [1.82, 2.24) is 0 Å². The Kier molecular flexibility index (Phi) is 3.84. The van der Waals surface area contributed by atoms with E-state index in [-0.39, 0.29) is 22.7 Å². The largest absolute Gasteiger partial charge is 0.504 e. The number of carbonyl (C=O) groups is 1. The standard InChI is InChI=1S/C14H11F2NO3/c1-20-12-4-2-3-9(13(12)18)14(19)17-8-5-6-10(15)11(16)7-8/h2-7,18H,1H3,(H,17,19). The van der Waals surface area contributed by atoms with Gasteiger partial charge in [0.2, 0.25) is 0 Å². The van der Waals surface area contributed by atoms with Crippen LogP contribution in [0, 0.1) is 11.6 Å². The molecule has 0 saturated heterocycles. The number of aromatic hydroxyl groups is 1. The smallest absolute Gasteiger partial charge is 0.259 e. The normalized spacial score (nSPS) is 10.2. The van der Waals surface area contributed by atoms with Crippen LogP contribution in [-0.4, -0.2) is 18.1 Å². The van der Waals surface area contributed by atoms with E-state index in [1.165, 1.54) is 31.4 Å². The molecule has 0 heterocycles. The first-order valence-corrected chi connectivity index (χ1v) is 5.65. The van der Waals surface area contributed by atoms with Crippen molar-refractivity contribution in [2.45, 2.75) is 0 Å². The summed E-state index contributed by atoms with van der Waals surface area (Å²) in [7, 11) is 1.35. The minimum atomic E-state index is -1.07. The van der Waals surface area contributed by atoms with Crippen LogP contribution in [0.2, 0.25) is 0 Å². The first kappa shape index (κ1) is 13.8. The molecular weight excluding hydrogens is 268 g/mol. The predicted octanol–water partition coefficient (Wildman–Crippen LogP) is 2.93. The van der Waals surface area contributed by atoms with Crippen LogP contribution < -0.4 is 10.1 Å². The lowest BCUT2D eigenvalue weighted by Crippen LogP contribution is -2.12. The number of para-hydroxylation sites is 1. The van der Waals surface area contributed by atoms with Gasteiger partial charge in [0.25, 0.3) is 5.91 Å². The molecule has 0 saturated carbocycles. The van der Waals surface area contributed by atoms with Gasteiger partial charge in [-0.2, -0.15) is 0 Å². The van der Waals surface area contributed by atoms with Crippen LogP contribution in [0.15, 0.2) is 36.4 Å². The third-order valence-electron chi connectivity index (χ3n) is 2.64. The van der Waals surface area contributed by atoms with Crippen molar-refractivity contribution in [3.63, 3.8) is 0 Å². The summed E-state index contributed by atoms with van der Waals surface area (Å²) < 4.78 is 30.7. The van der Waals surface area contributed by atoms with E-state index in [4.69, 9.17) is 4.74 Å². The lowest BCUT2D eigenvalue weighted by molar-refractivity contribution is 0.102. The van der Waals surface area contributed by atoms with E-state index in [9.17, 15) is 18.7 Å². The van der Waals surface area contributed by atoms with Gasteiger partial charge in [-0.05, 0) is 24.3 Å². The van der Waals surface area contributed by atoms with E-state index in [1.54, 1.807) is 0 Å². The molecule has 0 aliphatic carbocycles. The van der Waals surface area contributed by atoms with E-state index >= 15 is 0 Å². The Morgan fingerprint density at radius 1 is 1.20 bits per heavy atom. The molecule has 6 heteroatoms. The van der Waals surface area contributed by atoms with Crippen LogP contribution in [-0.2, 0) is 0 Å². The first-order chi connectivity index (χ1) is 9.52. The zero-order chi connectivity index (χ0) is 14.7. The minimum absolute atomic E-state index is 0.0333. The molecule has 0 radical (unpaired) electrons. The topological polar surface area (TPSA) is 58.6 Å². The molecule has 2 aromatic carbocycles. The van der Waals surface area contributed by atoms with Crippen molar-refractivity contribution in [1.29, 1.82) is 0 Å². The van der Waals surface area contributed by atoms with Gasteiger partial charge < -0.3 is 15.2 Å². The zero-order valence-electron chi connectivity index (χ0n) is 10.5. The van der Waals surface area contributed by atoms with Gasteiger partial charge in [-0.1, -0.05) is 6.07 Å². The summed E-state index contributed by atoms with van der Waals surface area (Å²) >= 11 is 0. The highest BCUT2D eigenvalue weighted by Crippen LogP contribution is 2.29. The molecule has 20 heavy (non-hydrogen) atoms. The molecule has 0 unspecified atom stereocenters. The Balaban J connectivity index is 2.26. The molecule has 4 nitrogen and oxygen atoms in total. The molecule has 0 spiro atoms. The number of methoxy groups -OCH3 is 1. The van der Waals surface area contributed by atoms with Crippen LogP contribution in [0.4, 0.5) is 14.5 Å². The number of benzene rings is 2. The number of hydrogen-bond acceptors (Lipinski definition) is 3. The van der Waals surface area contributed by atoms with Crippen LogP contribution in [0.25, 0.3) is 0 Å². The van der Waals surface area contributed by atoms with Gasteiger partial charge in [0.1, 0.15) is 0 Å². The van der Waals surface area contributed by atoms with E-state index in [0.717, 1.165) is 12.1 Å². The van der Waals surface area contributed by atoms with Crippen molar-refractivity contribution >= 4 is 11.6 Å². The molecule has 0 aliphatic rings. The fourth-order valence-electron chi connectivity index (χ4n) is 1.64. The molecule has 2 aromatic rings. The Hall–Kier alpha value is -2.63. The number of halogens is 2. The molecule has 0 fully saturated rings. The SMILES string of the molecule is COc1cccc(C(=O)Nc2ccc(F)c(F)c2)c1O. The zero-order valence-corrected chi connectivity index (χ0v) is 10.5. The number of amides is 1. The third kappa shape index (κ3) is 2.69. The Morgan fingerprint density at radius 3 is 2.60 bits per heavy atom. The van der Waals surface area contributed by atoms with Crippen molar-refractivity contribution in [2.24, 2.45) is 0 Å². The quantitative estimate of drug-likeness (QED) is 0.908. The first-order valence-electron chi connectivity index (χ1n) is 5.65. The molecule has 2 rings (SSSR count). The van der Waals surface area contributed by atoms with Gasteiger partial charge in [0, 0.05) is 11.8 Å². The van der Waals surface area contributed by atoms with Crippen LogP contribution >= 0.6 is 0 Å². The second kappa shape index (κ2) is 5.56. The lowest BCUT2D eigenvalue weighted by atomic mass is 10.1. The molecule has 0 aliphatic heterocycles. The van der Waals surface area contributed by atoms with Gasteiger partial charge in [-0.25, -0.2) is 8.78 Å². The minimum Gasteiger partial charge on any atom is -0.504 e. The number of rotatable bonds is 3. The molecular formula is C14H11F2NO3. The summed E-state index contributed by atoms with van der Waals surface area (Å²) in [6, 6.07) is 7.36. The molecule has 1 amide bonds. The van der Waals surface area contributed by atoms with E-state index in [0.29, 0.717) is 0 Å². The van der Waals surface area contributed by atoms with Crippen molar-refractivity contribution < 1.29 is 23.4 Å². The summed E-state index contributed by atoms with van der Waals surface area (Å²) in [5, 5.41) is 12.2. The van der Waals surface area contributed by atoms with E-state index in [2.05, 4.69) is 5.32 Å². The summed E-state index contributed by atoms with van der Waals surface area (Å²) in [5.74, 6) is -2.92. The van der Waals surface area contributed by atoms with Crippen molar-refractivity contribution in [2.75, 3.05) is 12.4 Å². The van der Waals surface area contributed by atoms with Gasteiger partial charge in [0.15, 0.2) is 23.1 Å². The fourth-order valence-corrected chi connectivity index (χ4v) is 1.64. The fraction of sp³-hybridized carbons (Fsp3) is 0.0714. The van der Waals surface area contributed by atoms with Crippen LogP contribution in [0.1, 0.15) is 10.4 Å². The highest BCUT2D eigenvalue weighted by molar-refractivity contribution is 6.06. The molecule has 0 bridgehead atoms. The number of phenolic OH excluding ortho intramolecular Hbond substituents is 1. The van der Waals surface area contributed by atoms with Gasteiger partial charge >= 0.3 is 0 Å². The second-order valence-corrected chi connectivity index (χ2v) is 3.94. The Bertz CT molecular complexity index is 659.